The first-order chi connectivity index (χ1) is 16.6. The molecule has 0 aromatic heterocycles. The van der Waals surface area contributed by atoms with Crippen molar-refractivity contribution in [1.29, 1.82) is 0 Å². The summed E-state index contributed by atoms with van der Waals surface area (Å²) < 4.78 is 5.47. The number of Topliss-reactive ketones (excluding diaryl/α,β-unsaturated/α-hetero) is 1. The van der Waals surface area contributed by atoms with Crippen molar-refractivity contribution >= 4 is 11.8 Å². The van der Waals surface area contributed by atoms with Gasteiger partial charge in [-0.25, -0.2) is 0 Å². The Labute approximate surface area is 218 Å². The van der Waals surface area contributed by atoms with Crippen molar-refractivity contribution in [2.45, 2.75) is 113 Å². The number of carbonyl (C=O) groups excluding carboxylic acids is 2. The maximum atomic E-state index is 13.7. The molecule has 0 radical (unpaired) electrons. The van der Waals surface area contributed by atoms with Crippen LogP contribution in [0.3, 0.4) is 0 Å². The molecule has 4 heteroatoms. The molecule has 4 saturated carbocycles. The van der Waals surface area contributed by atoms with Crippen molar-refractivity contribution in [2.75, 3.05) is 6.61 Å². The molecular weight excluding hydrogens is 448 g/mol. The van der Waals surface area contributed by atoms with E-state index in [0.29, 0.717) is 25.4 Å². The summed E-state index contributed by atoms with van der Waals surface area (Å²) in [7, 11) is 0. The van der Waals surface area contributed by atoms with E-state index in [-0.39, 0.29) is 45.4 Å². The van der Waals surface area contributed by atoms with E-state index >= 15 is 0 Å². The number of hydrogen-bond acceptors (Lipinski definition) is 4. The second kappa shape index (κ2) is 7.80. The standard InChI is InChI=1S/C32H48O4/c1-9-36-26(35)28(4)18-21-20-10-11-23-30(6)14-13-24(33)27(2,3)22(30)12-15-32(23,8)31(20,7)17-16-29(21,5)25(34)19-28/h10-11,21-22,24,33H,9,12-19H2,1-8H3/t21-,22+,24-,28-,29+,30-,31+,32+/m0/s1. The summed E-state index contributed by atoms with van der Waals surface area (Å²) in [6.45, 7) is 18.2. The van der Waals surface area contributed by atoms with E-state index in [1.165, 1.54) is 5.57 Å². The van der Waals surface area contributed by atoms with Crippen LogP contribution in [0.4, 0.5) is 0 Å². The third-order valence-corrected chi connectivity index (χ3v) is 12.8. The van der Waals surface area contributed by atoms with Gasteiger partial charge in [0.15, 0.2) is 0 Å². The molecule has 0 aromatic carbocycles. The summed E-state index contributed by atoms with van der Waals surface area (Å²) in [5.74, 6) is 0.541. The van der Waals surface area contributed by atoms with Crippen LogP contribution in [0.1, 0.15) is 107 Å². The molecule has 0 aliphatic heterocycles. The Kier molecular flexibility index (Phi) is 5.68. The van der Waals surface area contributed by atoms with Crippen LogP contribution in [0.5, 0.6) is 0 Å². The molecule has 8 atom stereocenters. The van der Waals surface area contributed by atoms with Crippen molar-refractivity contribution in [3.8, 4) is 0 Å². The SMILES string of the molecule is CCOC(=O)[C@]1(C)CC(=O)[C@]2(C)CC[C@]3(C)C(=CC=C4[C@@]5(C)CC[C@H](O)C(C)(C)[C@H]5CC[C@]43C)[C@@H]2C1. The molecule has 0 spiro atoms. The molecule has 0 unspecified atom stereocenters. The predicted octanol–water partition coefficient (Wildman–Crippen LogP) is 6.81. The Morgan fingerprint density at radius 2 is 1.64 bits per heavy atom. The number of ketones is 1. The highest BCUT2D eigenvalue weighted by atomic mass is 16.5. The number of hydrogen-bond donors (Lipinski definition) is 1. The monoisotopic (exact) mass is 496 g/mol. The van der Waals surface area contributed by atoms with Crippen LogP contribution in [0, 0.1) is 44.3 Å². The lowest BCUT2D eigenvalue weighted by Crippen LogP contribution is -2.62. The minimum atomic E-state index is -0.756. The van der Waals surface area contributed by atoms with Crippen LogP contribution in [0.2, 0.25) is 0 Å². The smallest absolute Gasteiger partial charge is 0.312 e. The normalized spacial score (nSPS) is 49.5. The average molecular weight is 497 g/mol. The number of carbonyl (C=O) groups is 2. The maximum Gasteiger partial charge on any atom is 0.312 e. The summed E-state index contributed by atoms with van der Waals surface area (Å²) >= 11 is 0. The second-order valence-corrected chi connectivity index (χ2v) is 14.8. The molecule has 1 N–H and O–H groups in total. The first-order valence-electron chi connectivity index (χ1n) is 14.4. The molecule has 200 valence electrons. The minimum absolute atomic E-state index is 0.0167. The highest BCUT2D eigenvalue weighted by Crippen LogP contribution is 2.74. The van der Waals surface area contributed by atoms with Crippen molar-refractivity contribution in [3.05, 3.63) is 23.3 Å². The first-order valence-corrected chi connectivity index (χ1v) is 14.4. The number of allylic oxidation sites excluding steroid dienone is 4. The third-order valence-electron chi connectivity index (χ3n) is 12.8. The Hall–Kier alpha value is -1.42. The van der Waals surface area contributed by atoms with E-state index in [1.54, 1.807) is 5.57 Å². The predicted molar refractivity (Wildman–Crippen MR) is 142 cm³/mol. The second-order valence-electron chi connectivity index (χ2n) is 14.8. The van der Waals surface area contributed by atoms with Gasteiger partial charge >= 0.3 is 5.97 Å². The Balaban J connectivity index is 1.61. The molecule has 36 heavy (non-hydrogen) atoms. The number of fused-ring (bicyclic) bond motifs is 7. The van der Waals surface area contributed by atoms with Gasteiger partial charge in [-0.15, -0.1) is 0 Å². The average Bonchev–Trinajstić information content (AvgIpc) is 2.79. The van der Waals surface area contributed by atoms with Crippen LogP contribution in [-0.2, 0) is 14.3 Å². The number of esters is 1. The van der Waals surface area contributed by atoms with E-state index in [9.17, 15) is 14.7 Å². The van der Waals surface area contributed by atoms with Crippen molar-refractivity contribution in [2.24, 2.45) is 44.3 Å². The lowest BCUT2D eigenvalue weighted by Gasteiger charge is -2.68. The highest BCUT2D eigenvalue weighted by Gasteiger charge is 2.67. The number of aliphatic hydroxyl groups excluding tert-OH is 1. The summed E-state index contributed by atoms with van der Waals surface area (Å²) in [5.41, 5.74) is 1.75. The molecule has 5 rings (SSSR count). The molecule has 4 fully saturated rings. The van der Waals surface area contributed by atoms with Crippen LogP contribution >= 0.6 is 0 Å². The quantitative estimate of drug-likeness (QED) is 0.427. The zero-order chi connectivity index (χ0) is 26.5. The number of rotatable bonds is 2. The first kappa shape index (κ1) is 26.2. The van der Waals surface area contributed by atoms with Gasteiger partial charge < -0.3 is 9.84 Å². The fraction of sp³-hybridized carbons (Fsp3) is 0.812. The Bertz CT molecular complexity index is 1050. The molecule has 4 nitrogen and oxygen atoms in total. The molecule has 0 aromatic rings. The van der Waals surface area contributed by atoms with E-state index in [1.807, 2.05) is 13.8 Å². The van der Waals surface area contributed by atoms with Gasteiger partial charge in [-0.1, -0.05) is 64.8 Å². The van der Waals surface area contributed by atoms with Gasteiger partial charge in [0.25, 0.3) is 0 Å². The van der Waals surface area contributed by atoms with Crippen molar-refractivity contribution in [1.82, 2.24) is 0 Å². The van der Waals surface area contributed by atoms with E-state index in [0.717, 1.165) is 38.5 Å². The summed E-state index contributed by atoms with van der Waals surface area (Å²) in [5, 5.41) is 10.9. The number of aliphatic hydroxyl groups is 1. The van der Waals surface area contributed by atoms with Crippen LogP contribution in [-0.4, -0.2) is 29.6 Å². The van der Waals surface area contributed by atoms with Crippen LogP contribution in [0.15, 0.2) is 23.3 Å². The van der Waals surface area contributed by atoms with Gasteiger partial charge in [0.05, 0.1) is 18.1 Å². The van der Waals surface area contributed by atoms with Gasteiger partial charge in [-0.2, -0.15) is 0 Å². The van der Waals surface area contributed by atoms with Gasteiger partial charge in [-0.3, -0.25) is 9.59 Å². The van der Waals surface area contributed by atoms with Crippen LogP contribution < -0.4 is 0 Å². The van der Waals surface area contributed by atoms with E-state index in [2.05, 4.69) is 53.7 Å². The molecule has 0 heterocycles. The summed E-state index contributed by atoms with van der Waals surface area (Å²) in [6, 6.07) is 0. The van der Waals surface area contributed by atoms with E-state index in [4.69, 9.17) is 4.74 Å². The van der Waals surface area contributed by atoms with Gasteiger partial charge in [-0.05, 0) is 92.3 Å². The fourth-order valence-electron chi connectivity index (χ4n) is 10.0. The van der Waals surface area contributed by atoms with Gasteiger partial charge in [0.1, 0.15) is 5.78 Å². The lowest BCUT2D eigenvalue weighted by molar-refractivity contribution is -0.167. The largest absolute Gasteiger partial charge is 0.466 e. The zero-order valence-electron chi connectivity index (χ0n) is 23.9. The fourth-order valence-corrected chi connectivity index (χ4v) is 10.0. The van der Waals surface area contributed by atoms with Gasteiger partial charge in [0.2, 0.25) is 0 Å². The molecular formula is C32H48O4. The number of ether oxygens (including phenoxy) is 1. The summed E-state index contributed by atoms with van der Waals surface area (Å²) in [6.07, 6.45) is 11.5. The topological polar surface area (TPSA) is 63.6 Å². The molecule has 0 bridgehead atoms. The third kappa shape index (κ3) is 3.09. The molecule has 0 amide bonds. The molecule has 5 aliphatic rings. The van der Waals surface area contributed by atoms with Crippen LogP contribution in [0.25, 0.3) is 0 Å². The zero-order valence-corrected chi connectivity index (χ0v) is 23.9. The Morgan fingerprint density at radius 1 is 0.944 bits per heavy atom. The van der Waals surface area contributed by atoms with Gasteiger partial charge in [0, 0.05) is 11.8 Å². The molecule has 0 saturated heterocycles. The molecule has 5 aliphatic carbocycles. The summed E-state index contributed by atoms with van der Waals surface area (Å²) in [4.78, 5) is 26.7. The minimum Gasteiger partial charge on any atom is -0.466 e. The van der Waals surface area contributed by atoms with E-state index < -0.39 is 10.8 Å². The lowest BCUT2D eigenvalue weighted by atomic mass is 9.36. The Morgan fingerprint density at radius 3 is 2.31 bits per heavy atom. The van der Waals surface area contributed by atoms with Crippen molar-refractivity contribution in [3.63, 3.8) is 0 Å². The maximum absolute atomic E-state index is 13.7. The van der Waals surface area contributed by atoms with Crippen molar-refractivity contribution < 1.29 is 19.4 Å². The highest BCUT2D eigenvalue weighted by molar-refractivity contribution is 5.92.